The predicted molar refractivity (Wildman–Crippen MR) is 73.9 cm³/mol. The average Bonchev–Trinajstić information content (AvgIpc) is 2.26. The third-order valence-electron chi connectivity index (χ3n) is 3.13. The Morgan fingerprint density at radius 1 is 1.22 bits per heavy atom. The molecule has 0 aliphatic rings. The number of benzene rings is 1. The van der Waals surface area contributed by atoms with Gasteiger partial charge in [-0.25, -0.2) is 0 Å². The minimum atomic E-state index is -0.102. The molecule has 0 unspecified atom stereocenters. The van der Waals surface area contributed by atoms with Crippen LogP contribution in [-0.2, 0) is 6.54 Å². The number of carbonyl (C=O) groups excluding carboxylic acids is 1. The highest BCUT2D eigenvalue weighted by Gasteiger charge is 2.15. The number of ketones is 1. The van der Waals surface area contributed by atoms with E-state index in [0.29, 0.717) is 17.6 Å². The van der Waals surface area contributed by atoms with E-state index < -0.39 is 0 Å². The van der Waals surface area contributed by atoms with Gasteiger partial charge in [-0.15, -0.1) is 0 Å². The van der Waals surface area contributed by atoms with Crippen molar-refractivity contribution in [1.29, 1.82) is 0 Å². The molecule has 1 aromatic rings. The van der Waals surface area contributed by atoms with Crippen molar-refractivity contribution in [3.05, 3.63) is 29.3 Å². The van der Waals surface area contributed by atoms with Gasteiger partial charge in [0.2, 0.25) is 0 Å². The van der Waals surface area contributed by atoms with Crippen LogP contribution in [0.15, 0.2) is 18.2 Å². The molecule has 0 aromatic heterocycles. The molecule has 18 heavy (non-hydrogen) atoms. The summed E-state index contributed by atoms with van der Waals surface area (Å²) in [4.78, 5) is 13.7. The lowest BCUT2D eigenvalue weighted by Crippen LogP contribution is -2.36. The molecule has 0 fully saturated rings. The molecule has 0 saturated heterocycles. The van der Waals surface area contributed by atoms with E-state index in [1.165, 1.54) is 6.92 Å². The second-order valence-electron chi connectivity index (χ2n) is 5.27. The molecule has 0 heterocycles. The minimum Gasteiger partial charge on any atom is -0.507 e. The molecule has 0 spiro atoms. The first kappa shape index (κ1) is 14.7. The van der Waals surface area contributed by atoms with E-state index in [1.54, 1.807) is 12.1 Å². The first-order valence-corrected chi connectivity index (χ1v) is 6.41. The van der Waals surface area contributed by atoms with E-state index in [9.17, 15) is 9.90 Å². The van der Waals surface area contributed by atoms with Gasteiger partial charge in [0.1, 0.15) is 5.75 Å². The molecule has 3 heteroatoms. The van der Waals surface area contributed by atoms with Gasteiger partial charge < -0.3 is 5.11 Å². The summed E-state index contributed by atoms with van der Waals surface area (Å²) in [5.41, 5.74) is 1.46. The Labute approximate surface area is 109 Å². The predicted octanol–water partition coefficient (Wildman–Crippen LogP) is 3.21. The van der Waals surface area contributed by atoms with Gasteiger partial charge in [-0.2, -0.15) is 0 Å². The van der Waals surface area contributed by atoms with Crippen molar-refractivity contribution in [1.82, 2.24) is 4.90 Å². The van der Waals surface area contributed by atoms with Crippen LogP contribution in [0, 0.1) is 0 Å². The highest BCUT2D eigenvalue weighted by molar-refractivity contribution is 5.96. The van der Waals surface area contributed by atoms with E-state index in [2.05, 4.69) is 32.6 Å². The fourth-order valence-corrected chi connectivity index (χ4v) is 2.14. The highest BCUT2D eigenvalue weighted by atomic mass is 16.3. The number of nitrogens with zero attached hydrogens (tertiary/aromatic N) is 1. The van der Waals surface area contributed by atoms with Crippen LogP contribution in [0.1, 0.15) is 50.5 Å². The Bertz CT molecular complexity index is 417. The van der Waals surface area contributed by atoms with Crippen LogP contribution >= 0.6 is 0 Å². The maximum Gasteiger partial charge on any atom is 0.163 e. The van der Waals surface area contributed by atoms with Crippen molar-refractivity contribution in [3.8, 4) is 5.75 Å². The van der Waals surface area contributed by atoms with Gasteiger partial charge in [0.25, 0.3) is 0 Å². The molecular weight excluding hydrogens is 226 g/mol. The number of aromatic hydroxyl groups is 1. The number of Topliss-reactive ketones (excluding diaryl/α,β-unsaturated/α-hetero) is 1. The molecule has 1 aromatic carbocycles. The zero-order valence-electron chi connectivity index (χ0n) is 11.9. The van der Waals surface area contributed by atoms with Gasteiger partial charge >= 0.3 is 0 Å². The maximum absolute atomic E-state index is 11.4. The minimum absolute atomic E-state index is 0.0619. The zero-order valence-corrected chi connectivity index (χ0v) is 11.9. The molecule has 0 aliphatic carbocycles. The summed E-state index contributed by atoms with van der Waals surface area (Å²) in [6.45, 7) is 10.9. The summed E-state index contributed by atoms with van der Waals surface area (Å²) >= 11 is 0. The Morgan fingerprint density at radius 2 is 1.78 bits per heavy atom. The van der Waals surface area contributed by atoms with Crippen LogP contribution < -0.4 is 0 Å². The van der Waals surface area contributed by atoms with E-state index in [1.807, 2.05) is 6.07 Å². The molecule has 0 amide bonds. The number of phenolic OH excluding ortho intramolecular Hbond substituents is 1. The largest absolute Gasteiger partial charge is 0.507 e. The Kier molecular flexibility index (Phi) is 4.91. The Hall–Kier alpha value is -1.35. The third-order valence-corrected chi connectivity index (χ3v) is 3.13. The van der Waals surface area contributed by atoms with E-state index in [0.717, 1.165) is 12.1 Å². The van der Waals surface area contributed by atoms with Crippen molar-refractivity contribution in [2.24, 2.45) is 0 Å². The molecule has 0 aliphatic heterocycles. The van der Waals surface area contributed by atoms with Crippen LogP contribution in [0.3, 0.4) is 0 Å². The number of phenols is 1. The van der Waals surface area contributed by atoms with Gasteiger partial charge in [-0.1, -0.05) is 6.07 Å². The average molecular weight is 249 g/mol. The van der Waals surface area contributed by atoms with Gasteiger partial charge in [0, 0.05) is 18.6 Å². The fourth-order valence-electron chi connectivity index (χ4n) is 2.14. The maximum atomic E-state index is 11.4. The summed E-state index contributed by atoms with van der Waals surface area (Å²) in [5.74, 6) is -0.0399. The van der Waals surface area contributed by atoms with Crippen LogP contribution in [0.5, 0.6) is 5.75 Å². The smallest absolute Gasteiger partial charge is 0.163 e. The highest BCUT2D eigenvalue weighted by Crippen LogP contribution is 2.21. The summed E-state index contributed by atoms with van der Waals surface area (Å²) in [6.07, 6.45) is 0. The zero-order chi connectivity index (χ0) is 13.9. The summed E-state index contributed by atoms with van der Waals surface area (Å²) in [5, 5.41) is 9.62. The summed E-state index contributed by atoms with van der Waals surface area (Å²) in [6, 6.07) is 6.15. The first-order valence-electron chi connectivity index (χ1n) is 6.41. The second-order valence-corrected chi connectivity index (χ2v) is 5.27. The molecule has 0 atom stereocenters. The lowest BCUT2D eigenvalue weighted by Gasteiger charge is -2.30. The summed E-state index contributed by atoms with van der Waals surface area (Å²) in [7, 11) is 0. The molecule has 100 valence electrons. The number of rotatable bonds is 5. The lowest BCUT2D eigenvalue weighted by molar-refractivity contribution is 0.101. The summed E-state index contributed by atoms with van der Waals surface area (Å²) < 4.78 is 0. The fraction of sp³-hybridized carbons (Fsp3) is 0.533. The van der Waals surface area contributed by atoms with Crippen molar-refractivity contribution in [2.75, 3.05) is 0 Å². The topological polar surface area (TPSA) is 40.5 Å². The third kappa shape index (κ3) is 3.57. The van der Waals surface area contributed by atoms with Crippen molar-refractivity contribution in [3.63, 3.8) is 0 Å². The quantitative estimate of drug-likeness (QED) is 0.815. The van der Waals surface area contributed by atoms with E-state index in [-0.39, 0.29) is 11.5 Å². The number of carbonyl (C=O) groups is 1. The molecule has 0 bridgehead atoms. The van der Waals surface area contributed by atoms with Crippen molar-refractivity contribution >= 4 is 5.78 Å². The molecular formula is C15H23NO2. The van der Waals surface area contributed by atoms with Crippen LogP contribution in [-0.4, -0.2) is 27.9 Å². The Morgan fingerprint density at radius 3 is 2.22 bits per heavy atom. The van der Waals surface area contributed by atoms with Gasteiger partial charge in [0.15, 0.2) is 5.78 Å². The number of hydrogen-bond donors (Lipinski definition) is 1. The molecule has 0 saturated carbocycles. The Balaban J connectivity index is 2.97. The molecule has 3 nitrogen and oxygen atoms in total. The lowest BCUT2D eigenvalue weighted by atomic mass is 10.1. The SMILES string of the molecule is CC(=O)c1cc(CN(C(C)C)C(C)C)ccc1O. The van der Waals surface area contributed by atoms with Gasteiger partial charge in [-0.3, -0.25) is 9.69 Å². The molecule has 1 rings (SSSR count). The normalized spacial score (nSPS) is 11.6. The van der Waals surface area contributed by atoms with Crippen LogP contribution in [0.2, 0.25) is 0 Å². The number of hydrogen-bond acceptors (Lipinski definition) is 3. The van der Waals surface area contributed by atoms with Crippen molar-refractivity contribution < 1.29 is 9.90 Å². The standard InChI is InChI=1S/C15H23NO2/c1-10(2)16(11(3)4)9-13-6-7-15(18)14(8-13)12(5)17/h6-8,10-11,18H,9H2,1-5H3. The monoisotopic (exact) mass is 249 g/mol. The van der Waals surface area contributed by atoms with Gasteiger partial charge in [-0.05, 0) is 52.3 Å². The molecule has 0 radical (unpaired) electrons. The molecule has 1 N–H and O–H groups in total. The van der Waals surface area contributed by atoms with Crippen LogP contribution in [0.4, 0.5) is 0 Å². The van der Waals surface area contributed by atoms with E-state index >= 15 is 0 Å². The second kappa shape index (κ2) is 6.01. The van der Waals surface area contributed by atoms with E-state index in [4.69, 9.17) is 0 Å². The van der Waals surface area contributed by atoms with Crippen LogP contribution in [0.25, 0.3) is 0 Å². The van der Waals surface area contributed by atoms with Crippen molar-refractivity contribution in [2.45, 2.75) is 53.2 Å². The first-order chi connectivity index (χ1) is 8.32. The van der Waals surface area contributed by atoms with Gasteiger partial charge in [0.05, 0.1) is 5.56 Å².